The Kier molecular flexibility index (Phi) is 3.52. The molecule has 4 heteroatoms. The molecule has 0 spiro atoms. The van der Waals surface area contributed by atoms with Crippen LogP contribution in [0.1, 0.15) is 25.7 Å². The molecule has 3 N–H and O–H groups in total. The average Bonchev–Trinajstić information content (AvgIpc) is 2.24. The molecule has 0 saturated heterocycles. The van der Waals surface area contributed by atoms with Gasteiger partial charge >= 0.3 is 0 Å². The quantitative estimate of drug-likeness (QED) is 0.786. The van der Waals surface area contributed by atoms with Crippen molar-refractivity contribution in [1.82, 2.24) is 0 Å². The van der Waals surface area contributed by atoms with E-state index in [2.05, 4.69) is 5.32 Å². The minimum atomic E-state index is 0.0688. The summed E-state index contributed by atoms with van der Waals surface area (Å²) in [5, 5.41) is 2.86. The molecule has 0 heterocycles. The van der Waals surface area contributed by atoms with Crippen molar-refractivity contribution < 1.29 is 9.53 Å². The summed E-state index contributed by atoms with van der Waals surface area (Å²) >= 11 is 0. The Hall–Kier alpha value is -1.71. The van der Waals surface area contributed by atoms with Crippen LogP contribution in [0, 0.1) is 5.92 Å². The third kappa shape index (κ3) is 2.90. The van der Waals surface area contributed by atoms with E-state index in [1.807, 2.05) is 0 Å². The highest BCUT2D eigenvalue weighted by Crippen LogP contribution is 2.30. The van der Waals surface area contributed by atoms with Crippen LogP contribution in [0.15, 0.2) is 18.2 Å². The van der Waals surface area contributed by atoms with Crippen LogP contribution >= 0.6 is 0 Å². The minimum absolute atomic E-state index is 0.0688. The number of nitrogens with one attached hydrogen (secondary N) is 1. The average molecular weight is 234 g/mol. The van der Waals surface area contributed by atoms with E-state index in [4.69, 9.17) is 10.5 Å². The predicted octanol–water partition coefficient (Wildman–Crippen LogP) is 2.41. The van der Waals surface area contributed by atoms with Crippen molar-refractivity contribution in [2.45, 2.75) is 25.7 Å². The number of amides is 1. The van der Waals surface area contributed by atoms with Crippen molar-refractivity contribution in [3.8, 4) is 5.75 Å². The lowest BCUT2D eigenvalue weighted by Crippen LogP contribution is -2.20. The van der Waals surface area contributed by atoms with Gasteiger partial charge in [0.05, 0.1) is 12.8 Å². The summed E-state index contributed by atoms with van der Waals surface area (Å²) in [4.78, 5) is 11.7. The first kappa shape index (κ1) is 11.8. The molecule has 0 bridgehead atoms. The monoisotopic (exact) mass is 234 g/mol. The highest BCUT2D eigenvalue weighted by molar-refractivity contribution is 5.91. The largest absolute Gasteiger partial charge is 0.495 e. The van der Waals surface area contributed by atoms with Gasteiger partial charge in [0, 0.05) is 12.1 Å². The number of nitrogen functional groups attached to an aromatic ring is 1. The second-order valence-corrected chi connectivity index (χ2v) is 4.51. The first-order chi connectivity index (χ1) is 8.19. The lowest BCUT2D eigenvalue weighted by Gasteiger charge is -2.24. The van der Waals surface area contributed by atoms with E-state index in [1.54, 1.807) is 25.3 Å². The summed E-state index contributed by atoms with van der Waals surface area (Å²) < 4.78 is 5.06. The lowest BCUT2D eigenvalue weighted by atomic mass is 9.83. The number of ether oxygens (including phenoxy) is 1. The zero-order chi connectivity index (χ0) is 12.3. The molecule has 0 unspecified atom stereocenters. The molecule has 0 atom stereocenters. The summed E-state index contributed by atoms with van der Waals surface area (Å²) in [5.74, 6) is 1.27. The molecule has 1 aliphatic carbocycles. The number of hydrogen-bond acceptors (Lipinski definition) is 3. The molecule has 1 aromatic carbocycles. The summed E-state index contributed by atoms with van der Waals surface area (Å²) in [6, 6.07) is 5.28. The Bertz CT molecular complexity index is 414. The second-order valence-electron chi connectivity index (χ2n) is 4.51. The molecule has 17 heavy (non-hydrogen) atoms. The number of hydrogen-bond donors (Lipinski definition) is 2. The summed E-state index contributed by atoms with van der Waals surface area (Å²) in [6.45, 7) is 0. The molecule has 92 valence electrons. The van der Waals surface area contributed by atoms with Gasteiger partial charge in [0.25, 0.3) is 0 Å². The van der Waals surface area contributed by atoms with Gasteiger partial charge in [-0.05, 0) is 37.0 Å². The van der Waals surface area contributed by atoms with E-state index >= 15 is 0 Å². The first-order valence-corrected chi connectivity index (χ1v) is 5.92. The van der Waals surface area contributed by atoms with E-state index < -0.39 is 0 Å². The van der Waals surface area contributed by atoms with Crippen LogP contribution in [0.5, 0.6) is 5.75 Å². The first-order valence-electron chi connectivity index (χ1n) is 5.92. The van der Waals surface area contributed by atoms with Crippen molar-refractivity contribution in [1.29, 1.82) is 0 Å². The molecule has 1 fully saturated rings. The van der Waals surface area contributed by atoms with Crippen LogP contribution in [0.3, 0.4) is 0 Å². The predicted molar refractivity (Wildman–Crippen MR) is 68.0 cm³/mol. The van der Waals surface area contributed by atoms with Crippen LogP contribution in [0.4, 0.5) is 11.4 Å². The molecule has 0 aromatic heterocycles. The molecule has 2 rings (SSSR count). The van der Waals surface area contributed by atoms with Crippen LogP contribution < -0.4 is 15.8 Å². The normalized spacial score (nSPS) is 15.1. The van der Waals surface area contributed by atoms with Crippen LogP contribution in [0.25, 0.3) is 0 Å². The van der Waals surface area contributed by atoms with Gasteiger partial charge in [0.1, 0.15) is 5.75 Å². The van der Waals surface area contributed by atoms with Gasteiger partial charge in [-0.1, -0.05) is 6.42 Å². The fourth-order valence-electron chi connectivity index (χ4n) is 1.98. The molecule has 1 saturated carbocycles. The number of rotatable bonds is 4. The smallest absolute Gasteiger partial charge is 0.224 e. The van der Waals surface area contributed by atoms with Gasteiger partial charge in [-0.25, -0.2) is 0 Å². The number of carbonyl (C=O) groups is 1. The highest BCUT2D eigenvalue weighted by atomic mass is 16.5. The SMILES string of the molecule is COc1ccc(NC(=O)CC2CCC2)cc1N. The molecule has 1 amide bonds. The van der Waals surface area contributed by atoms with Crippen molar-refractivity contribution in [3.63, 3.8) is 0 Å². The van der Waals surface area contributed by atoms with E-state index in [0.717, 1.165) is 5.69 Å². The van der Waals surface area contributed by atoms with Crippen LogP contribution in [-0.2, 0) is 4.79 Å². The number of nitrogens with two attached hydrogens (primary N) is 1. The van der Waals surface area contributed by atoms with Crippen LogP contribution in [0.2, 0.25) is 0 Å². The molecule has 4 nitrogen and oxygen atoms in total. The molecule has 0 aliphatic heterocycles. The third-order valence-corrected chi connectivity index (χ3v) is 3.21. The van der Waals surface area contributed by atoms with E-state index in [-0.39, 0.29) is 5.91 Å². The summed E-state index contributed by atoms with van der Waals surface area (Å²) in [5.41, 5.74) is 7.04. The number of benzene rings is 1. The fourth-order valence-corrected chi connectivity index (χ4v) is 1.98. The number of anilines is 2. The third-order valence-electron chi connectivity index (χ3n) is 3.21. The summed E-state index contributed by atoms with van der Waals surface area (Å²) in [7, 11) is 1.57. The Balaban J connectivity index is 1.93. The number of carbonyl (C=O) groups excluding carboxylic acids is 1. The van der Waals surface area contributed by atoms with Gasteiger partial charge in [0.15, 0.2) is 0 Å². The topological polar surface area (TPSA) is 64.3 Å². The van der Waals surface area contributed by atoms with Gasteiger partial charge < -0.3 is 15.8 Å². The van der Waals surface area contributed by atoms with Gasteiger partial charge in [-0.3, -0.25) is 4.79 Å². The van der Waals surface area contributed by atoms with Gasteiger partial charge in [-0.2, -0.15) is 0 Å². The van der Waals surface area contributed by atoms with Gasteiger partial charge in [0.2, 0.25) is 5.91 Å². The minimum Gasteiger partial charge on any atom is -0.495 e. The molecule has 1 aliphatic rings. The Morgan fingerprint density at radius 1 is 1.53 bits per heavy atom. The van der Waals surface area contributed by atoms with Crippen molar-refractivity contribution in [3.05, 3.63) is 18.2 Å². The Labute approximate surface area is 101 Å². The summed E-state index contributed by atoms with van der Waals surface area (Å²) in [6.07, 6.45) is 4.23. The van der Waals surface area contributed by atoms with Crippen LogP contribution in [-0.4, -0.2) is 13.0 Å². The van der Waals surface area contributed by atoms with E-state index in [0.29, 0.717) is 23.8 Å². The molecule has 0 radical (unpaired) electrons. The van der Waals surface area contributed by atoms with E-state index in [1.165, 1.54) is 19.3 Å². The maximum Gasteiger partial charge on any atom is 0.224 e. The highest BCUT2D eigenvalue weighted by Gasteiger charge is 2.20. The Morgan fingerprint density at radius 3 is 2.82 bits per heavy atom. The van der Waals surface area contributed by atoms with E-state index in [9.17, 15) is 4.79 Å². The standard InChI is InChI=1S/C13H18N2O2/c1-17-12-6-5-10(8-11(12)14)15-13(16)7-9-3-2-4-9/h5-6,8-9H,2-4,7,14H2,1H3,(H,15,16). The molecular formula is C13H18N2O2. The van der Waals surface area contributed by atoms with Crippen molar-refractivity contribution in [2.75, 3.05) is 18.2 Å². The maximum atomic E-state index is 11.7. The zero-order valence-electron chi connectivity index (χ0n) is 10.0. The Morgan fingerprint density at radius 2 is 2.29 bits per heavy atom. The second kappa shape index (κ2) is 5.08. The number of methoxy groups -OCH3 is 1. The van der Waals surface area contributed by atoms with Crippen molar-refractivity contribution in [2.24, 2.45) is 5.92 Å². The van der Waals surface area contributed by atoms with Crippen molar-refractivity contribution >= 4 is 17.3 Å². The lowest BCUT2D eigenvalue weighted by molar-refractivity contribution is -0.117. The fraction of sp³-hybridized carbons (Fsp3) is 0.462. The molecular weight excluding hydrogens is 216 g/mol. The molecule has 1 aromatic rings. The zero-order valence-corrected chi connectivity index (χ0v) is 10.0. The maximum absolute atomic E-state index is 11.7. The van der Waals surface area contributed by atoms with Gasteiger partial charge in [-0.15, -0.1) is 0 Å².